The minimum absolute atomic E-state index is 0.303. The van der Waals surface area contributed by atoms with Gasteiger partial charge in [0.25, 0.3) is 0 Å². The van der Waals surface area contributed by atoms with Crippen molar-refractivity contribution >= 4 is 22.8 Å². The Bertz CT molecular complexity index is 672. The Morgan fingerprint density at radius 1 is 1.19 bits per heavy atom. The van der Waals surface area contributed by atoms with Gasteiger partial charge in [-0.3, -0.25) is 4.79 Å². The second-order valence-corrected chi connectivity index (χ2v) is 5.91. The lowest BCUT2D eigenvalue weighted by Crippen LogP contribution is -1.94. The zero-order valence-corrected chi connectivity index (χ0v) is 12.0. The molecule has 0 unspecified atom stereocenters. The fourth-order valence-corrected chi connectivity index (χ4v) is 2.90. The molecule has 108 valence electrons. The summed E-state index contributed by atoms with van der Waals surface area (Å²) < 4.78 is 0. The van der Waals surface area contributed by atoms with Gasteiger partial charge < -0.3 is 5.11 Å². The molecule has 0 aliphatic heterocycles. The van der Waals surface area contributed by atoms with Gasteiger partial charge in [0, 0.05) is 6.42 Å². The fourth-order valence-electron chi connectivity index (χ4n) is 2.90. The fraction of sp³-hybridized carbons (Fsp3) is 0.316. The van der Waals surface area contributed by atoms with E-state index in [1.165, 1.54) is 22.8 Å². The van der Waals surface area contributed by atoms with Gasteiger partial charge in [-0.15, -0.1) is 0 Å². The Kier molecular flexibility index (Phi) is 4.05. The predicted octanol–water partition coefficient (Wildman–Crippen LogP) is 4.74. The largest absolute Gasteiger partial charge is 0.481 e. The molecule has 0 amide bonds. The van der Waals surface area contributed by atoms with Crippen LogP contribution in [-0.2, 0) is 4.79 Å². The highest BCUT2D eigenvalue weighted by Crippen LogP contribution is 2.43. The molecule has 1 N–H and O–H groups in total. The number of carboxylic acids is 1. The third-order valence-corrected chi connectivity index (χ3v) is 4.25. The van der Waals surface area contributed by atoms with Crippen LogP contribution in [0.25, 0.3) is 16.8 Å². The van der Waals surface area contributed by atoms with E-state index in [1.54, 1.807) is 0 Å². The van der Waals surface area contributed by atoms with Crippen LogP contribution in [0.2, 0.25) is 0 Å². The molecule has 3 rings (SSSR count). The van der Waals surface area contributed by atoms with Crippen LogP contribution >= 0.6 is 0 Å². The van der Waals surface area contributed by atoms with Crippen molar-refractivity contribution in [2.45, 2.75) is 25.7 Å². The van der Waals surface area contributed by atoms with E-state index in [-0.39, 0.29) is 0 Å². The highest BCUT2D eigenvalue weighted by Gasteiger charge is 2.33. The lowest BCUT2D eigenvalue weighted by Gasteiger charge is -1.99. The number of allylic oxidation sites excluding steroid dienone is 1. The number of fused-ring (bicyclic) bond motifs is 1. The zero-order chi connectivity index (χ0) is 14.7. The van der Waals surface area contributed by atoms with Gasteiger partial charge in [0.05, 0.1) is 0 Å². The lowest BCUT2D eigenvalue weighted by molar-refractivity contribution is -0.137. The van der Waals surface area contributed by atoms with Gasteiger partial charge >= 0.3 is 5.97 Å². The summed E-state index contributed by atoms with van der Waals surface area (Å²) in [6.07, 6.45) is 7.85. The molecule has 1 saturated carbocycles. The average molecular weight is 280 g/mol. The number of hydrogen-bond acceptors (Lipinski definition) is 1. The summed E-state index contributed by atoms with van der Waals surface area (Å²) in [4.78, 5) is 10.5. The van der Waals surface area contributed by atoms with Gasteiger partial charge in [0.15, 0.2) is 0 Å². The van der Waals surface area contributed by atoms with Crippen molar-refractivity contribution in [3.05, 3.63) is 54.1 Å². The van der Waals surface area contributed by atoms with E-state index in [2.05, 4.69) is 54.6 Å². The number of carbonyl (C=O) groups is 1. The molecule has 2 nitrogen and oxygen atoms in total. The highest BCUT2D eigenvalue weighted by molar-refractivity contribution is 5.84. The molecule has 0 bridgehead atoms. The van der Waals surface area contributed by atoms with Crippen molar-refractivity contribution in [2.24, 2.45) is 11.8 Å². The molecule has 1 aliphatic carbocycles. The number of aliphatic carboxylic acids is 1. The second kappa shape index (κ2) is 6.13. The second-order valence-electron chi connectivity index (χ2n) is 5.91. The van der Waals surface area contributed by atoms with Crippen molar-refractivity contribution in [3.63, 3.8) is 0 Å². The van der Waals surface area contributed by atoms with E-state index in [0.717, 1.165) is 12.8 Å². The molecule has 2 heteroatoms. The van der Waals surface area contributed by atoms with Gasteiger partial charge in [-0.05, 0) is 53.5 Å². The number of rotatable bonds is 6. The van der Waals surface area contributed by atoms with Gasteiger partial charge in [-0.2, -0.15) is 0 Å². The molecule has 21 heavy (non-hydrogen) atoms. The smallest absolute Gasteiger partial charge is 0.303 e. The molecular weight excluding hydrogens is 260 g/mol. The first-order chi connectivity index (χ1) is 10.2. The molecule has 1 aliphatic rings. The molecule has 0 spiro atoms. The van der Waals surface area contributed by atoms with Crippen molar-refractivity contribution in [3.8, 4) is 0 Å². The summed E-state index contributed by atoms with van der Waals surface area (Å²) in [7, 11) is 0. The van der Waals surface area contributed by atoms with Crippen LogP contribution in [0.1, 0.15) is 31.2 Å². The average Bonchev–Trinajstić information content (AvgIpc) is 3.23. The topological polar surface area (TPSA) is 37.3 Å². The van der Waals surface area contributed by atoms with Crippen molar-refractivity contribution in [1.29, 1.82) is 0 Å². The Labute approximate surface area is 125 Å². The molecule has 1 fully saturated rings. The summed E-state index contributed by atoms with van der Waals surface area (Å²) in [6, 6.07) is 14.9. The molecular formula is C19H20O2. The maximum Gasteiger partial charge on any atom is 0.303 e. The van der Waals surface area contributed by atoms with Crippen LogP contribution in [0.4, 0.5) is 0 Å². The maximum atomic E-state index is 10.5. The van der Waals surface area contributed by atoms with E-state index in [4.69, 9.17) is 5.11 Å². The van der Waals surface area contributed by atoms with E-state index in [0.29, 0.717) is 18.3 Å². The van der Waals surface area contributed by atoms with E-state index in [9.17, 15) is 4.79 Å². The summed E-state index contributed by atoms with van der Waals surface area (Å²) in [6.45, 7) is 0. The molecule has 0 heterocycles. The molecule has 2 atom stereocenters. The van der Waals surface area contributed by atoms with Crippen LogP contribution in [0, 0.1) is 11.8 Å². The van der Waals surface area contributed by atoms with Crippen LogP contribution in [0.15, 0.2) is 48.5 Å². The van der Waals surface area contributed by atoms with Gasteiger partial charge in [-0.25, -0.2) is 0 Å². The number of carboxylic acid groups (broad SMARTS) is 1. The summed E-state index contributed by atoms with van der Waals surface area (Å²) in [5.74, 6) is 0.658. The van der Waals surface area contributed by atoms with Crippen LogP contribution in [0.5, 0.6) is 0 Å². The summed E-state index contributed by atoms with van der Waals surface area (Å²) >= 11 is 0. The Hall–Kier alpha value is -2.09. The van der Waals surface area contributed by atoms with E-state index < -0.39 is 5.97 Å². The Morgan fingerprint density at radius 3 is 2.81 bits per heavy atom. The molecule has 0 radical (unpaired) electrons. The highest BCUT2D eigenvalue weighted by atomic mass is 16.4. The first-order valence-electron chi connectivity index (χ1n) is 7.61. The predicted molar refractivity (Wildman–Crippen MR) is 86.1 cm³/mol. The molecule has 0 saturated heterocycles. The summed E-state index contributed by atoms with van der Waals surface area (Å²) in [5.41, 5.74) is 1.24. The van der Waals surface area contributed by atoms with E-state index >= 15 is 0 Å². The number of hydrogen-bond donors (Lipinski definition) is 1. The minimum Gasteiger partial charge on any atom is -0.481 e. The van der Waals surface area contributed by atoms with Gasteiger partial charge in [-0.1, -0.05) is 48.6 Å². The molecule has 2 aromatic carbocycles. The minimum atomic E-state index is -0.682. The third-order valence-electron chi connectivity index (χ3n) is 4.25. The van der Waals surface area contributed by atoms with Crippen molar-refractivity contribution < 1.29 is 9.90 Å². The SMILES string of the molecule is O=C(O)CCC[C@@H]1C[C@H]1/C=C/c1ccc2ccccc2c1. The Balaban J connectivity index is 1.55. The zero-order valence-electron chi connectivity index (χ0n) is 12.0. The van der Waals surface area contributed by atoms with Crippen LogP contribution in [-0.4, -0.2) is 11.1 Å². The van der Waals surface area contributed by atoms with Crippen LogP contribution < -0.4 is 0 Å². The normalized spacial score (nSPS) is 21.0. The van der Waals surface area contributed by atoms with E-state index in [1.807, 2.05) is 0 Å². The maximum absolute atomic E-state index is 10.5. The molecule has 0 aromatic heterocycles. The lowest BCUT2D eigenvalue weighted by atomic mass is 10.1. The first kappa shape index (κ1) is 13.9. The quantitative estimate of drug-likeness (QED) is 0.829. The Morgan fingerprint density at radius 2 is 2.00 bits per heavy atom. The number of benzene rings is 2. The third kappa shape index (κ3) is 3.72. The first-order valence-corrected chi connectivity index (χ1v) is 7.61. The summed E-state index contributed by atoms with van der Waals surface area (Å²) in [5, 5.41) is 11.2. The van der Waals surface area contributed by atoms with Gasteiger partial charge in [0.1, 0.15) is 0 Å². The molecule has 2 aromatic rings. The van der Waals surface area contributed by atoms with Crippen LogP contribution in [0.3, 0.4) is 0 Å². The monoisotopic (exact) mass is 280 g/mol. The van der Waals surface area contributed by atoms with Gasteiger partial charge in [0.2, 0.25) is 0 Å². The van der Waals surface area contributed by atoms with Crippen molar-refractivity contribution in [2.75, 3.05) is 0 Å². The van der Waals surface area contributed by atoms with Crippen molar-refractivity contribution in [1.82, 2.24) is 0 Å². The standard InChI is InChI=1S/C19H20O2/c20-19(21)7-3-6-17-13-18(17)11-9-14-8-10-15-4-1-2-5-16(15)12-14/h1-2,4-5,8-12,17-18H,3,6-7,13H2,(H,20,21)/b11-9+/t17-,18-/m1/s1.